The average Bonchev–Trinajstić information content (AvgIpc) is 3.07. The van der Waals surface area contributed by atoms with Crippen LogP contribution in [0.5, 0.6) is 0 Å². The van der Waals surface area contributed by atoms with Crippen molar-refractivity contribution in [2.45, 2.75) is 26.2 Å². The van der Waals surface area contributed by atoms with Gasteiger partial charge in [0.2, 0.25) is 0 Å². The van der Waals surface area contributed by atoms with Crippen molar-refractivity contribution in [1.29, 1.82) is 0 Å². The Balaban J connectivity index is 1.81. The van der Waals surface area contributed by atoms with Crippen molar-refractivity contribution in [1.82, 2.24) is 4.90 Å². The van der Waals surface area contributed by atoms with E-state index in [9.17, 15) is 4.79 Å². The van der Waals surface area contributed by atoms with Crippen molar-refractivity contribution in [2.24, 2.45) is 17.6 Å². The number of carbonyl (C=O) groups excluding carboxylic acids is 1. The monoisotopic (exact) mass is 282 g/mol. The van der Waals surface area contributed by atoms with Gasteiger partial charge in [-0.1, -0.05) is 24.3 Å². The Kier molecular flexibility index (Phi) is 3.98. The summed E-state index contributed by atoms with van der Waals surface area (Å²) in [5, 5.41) is 0. The van der Waals surface area contributed by atoms with Crippen LogP contribution < -0.4 is 5.73 Å². The van der Waals surface area contributed by atoms with Crippen molar-refractivity contribution < 1.29 is 4.79 Å². The van der Waals surface area contributed by atoms with Gasteiger partial charge in [0.25, 0.3) is 5.91 Å². The van der Waals surface area contributed by atoms with E-state index in [-0.39, 0.29) is 5.91 Å². The Morgan fingerprint density at radius 2 is 2.05 bits per heavy atom. The summed E-state index contributed by atoms with van der Waals surface area (Å²) in [6.45, 7) is 4.19. The molecule has 0 radical (unpaired) electrons. The second-order valence-corrected chi connectivity index (χ2v) is 6.20. The van der Waals surface area contributed by atoms with Gasteiger partial charge in [0.05, 0.1) is 6.54 Å². The first-order valence-electron chi connectivity index (χ1n) is 7.78. The molecule has 2 unspecified atom stereocenters. The van der Waals surface area contributed by atoms with Crippen LogP contribution in [0, 0.1) is 30.6 Å². The maximum Gasteiger partial charge on any atom is 0.254 e. The second-order valence-electron chi connectivity index (χ2n) is 6.20. The number of fused-ring (bicyclic) bond motifs is 1. The quantitative estimate of drug-likeness (QED) is 0.803. The van der Waals surface area contributed by atoms with Crippen LogP contribution in [0.2, 0.25) is 0 Å². The van der Waals surface area contributed by atoms with E-state index in [1.54, 1.807) is 0 Å². The van der Waals surface area contributed by atoms with E-state index in [1.807, 2.05) is 30.0 Å². The summed E-state index contributed by atoms with van der Waals surface area (Å²) < 4.78 is 0. The van der Waals surface area contributed by atoms with Gasteiger partial charge in [-0.3, -0.25) is 4.79 Å². The molecule has 3 nitrogen and oxygen atoms in total. The van der Waals surface area contributed by atoms with Gasteiger partial charge in [0.15, 0.2) is 0 Å². The summed E-state index contributed by atoms with van der Waals surface area (Å²) in [7, 11) is 0. The average molecular weight is 282 g/mol. The van der Waals surface area contributed by atoms with E-state index in [4.69, 9.17) is 5.73 Å². The number of carbonyl (C=O) groups is 1. The Bertz CT molecular complexity index is 599. The highest BCUT2D eigenvalue weighted by Gasteiger charge is 2.38. The van der Waals surface area contributed by atoms with Gasteiger partial charge in [-0.05, 0) is 49.3 Å². The summed E-state index contributed by atoms with van der Waals surface area (Å²) in [5.74, 6) is 7.48. The van der Waals surface area contributed by atoms with Crippen LogP contribution in [-0.2, 0) is 0 Å². The summed E-state index contributed by atoms with van der Waals surface area (Å²) >= 11 is 0. The molecule has 1 aliphatic heterocycles. The number of rotatable bonds is 1. The van der Waals surface area contributed by atoms with Gasteiger partial charge in [-0.2, -0.15) is 0 Å². The van der Waals surface area contributed by atoms with E-state index in [0.29, 0.717) is 6.54 Å². The fourth-order valence-electron chi connectivity index (χ4n) is 3.65. The Morgan fingerprint density at radius 1 is 1.33 bits per heavy atom. The molecule has 1 aromatic carbocycles. The molecule has 110 valence electrons. The normalized spacial score (nSPS) is 23.6. The number of nitrogens with two attached hydrogens (primary N) is 1. The first kappa shape index (κ1) is 14.2. The summed E-state index contributed by atoms with van der Waals surface area (Å²) in [4.78, 5) is 14.8. The molecular weight excluding hydrogens is 260 g/mol. The maximum atomic E-state index is 12.8. The van der Waals surface area contributed by atoms with Gasteiger partial charge in [-0.15, -0.1) is 0 Å². The van der Waals surface area contributed by atoms with Crippen LogP contribution >= 0.6 is 0 Å². The first-order valence-corrected chi connectivity index (χ1v) is 7.78. The zero-order valence-electron chi connectivity index (χ0n) is 12.6. The largest absolute Gasteiger partial charge is 0.338 e. The van der Waals surface area contributed by atoms with Crippen LogP contribution in [0.3, 0.4) is 0 Å². The molecule has 3 heteroatoms. The zero-order chi connectivity index (χ0) is 14.8. The van der Waals surface area contributed by atoms with E-state index >= 15 is 0 Å². The number of aryl methyl sites for hydroxylation is 1. The van der Waals surface area contributed by atoms with Crippen molar-refractivity contribution in [3.8, 4) is 11.8 Å². The van der Waals surface area contributed by atoms with E-state index in [0.717, 1.165) is 41.6 Å². The van der Waals surface area contributed by atoms with E-state index in [1.165, 1.54) is 19.3 Å². The van der Waals surface area contributed by atoms with Crippen molar-refractivity contribution in [2.75, 3.05) is 19.6 Å². The number of hydrogen-bond donors (Lipinski definition) is 1. The predicted octanol–water partition coefficient (Wildman–Crippen LogP) is 2.18. The molecule has 2 atom stereocenters. The molecule has 1 heterocycles. The molecule has 1 amide bonds. The molecule has 21 heavy (non-hydrogen) atoms. The molecule has 2 aliphatic rings. The lowest BCUT2D eigenvalue weighted by Crippen LogP contribution is -2.30. The number of nitrogens with zero attached hydrogens (tertiary/aromatic N) is 1. The highest BCUT2D eigenvalue weighted by molar-refractivity contribution is 5.96. The van der Waals surface area contributed by atoms with Gasteiger partial charge in [0.1, 0.15) is 0 Å². The predicted molar refractivity (Wildman–Crippen MR) is 83.8 cm³/mol. The number of benzene rings is 1. The summed E-state index contributed by atoms with van der Waals surface area (Å²) in [6.07, 6.45) is 3.91. The fraction of sp³-hybridized carbons (Fsp3) is 0.500. The number of amides is 1. The smallest absolute Gasteiger partial charge is 0.254 e. The molecule has 0 aromatic heterocycles. The van der Waals surface area contributed by atoms with Crippen LogP contribution in [0.1, 0.15) is 40.7 Å². The first-order chi connectivity index (χ1) is 10.2. The zero-order valence-corrected chi connectivity index (χ0v) is 12.6. The van der Waals surface area contributed by atoms with Crippen LogP contribution in [0.4, 0.5) is 0 Å². The third-order valence-corrected chi connectivity index (χ3v) is 4.82. The standard InChI is InChI=1S/C18H22N2O/c1-13-7-8-14(4-3-9-19)10-17(13)18(21)20-11-15-5-2-6-16(15)12-20/h7-8,10,15-16H,2,5-6,9,11-12,19H2,1H3. The maximum absolute atomic E-state index is 12.8. The molecule has 0 spiro atoms. The minimum Gasteiger partial charge on any atom is -0.338 e. The molecule has 1 saturated carbocycles. The van der Waals surface area contributed by atoms with Crippen LogP contribution in [0.15, 0.2) is 18.2 Å². The molecule has 3 rings (SSSR count). The molecule has 0 bridgehead atoms. The van der Waals surface area contributed by atoms with Crippen molar-refractivity contribution in [3.05, 3.63) is 34.9 Å². The van der Waals surface area contributed by atoms with Gasteiger partial charge < -0.3 is 10.6 Å². The third kappa shape index (κ3) is 2.82. The molecular formula is C18H22N2O. The van der Waals surface area contributed by atoms with Gasteiger partial charge in [-0.25, -0.2) is 0 Å². The number of likely N-dealkylation sites (tertiary alicyclic amines) is 1. The van der Waals surface area contributed by atoms with Crippen LogP contribution in [-0.4, -0.2) is 30.4 Å². The fourth-order valence-corrected chi connectivity index (χ4v) is 3.65. The highest BCUT2D eigenvalue weighted by Crippen LogP contribution is 2.38. The van der Waals surface area contributed by atoms with Crippen molar-refractivity contribution in [3.63, 3.8) is 0 Å². The lowest BCUT2D eigenvalue weighted by Gasteiger charge is -2.18. The Labute approximate surface area is 126 Å². The minimum absolute atomic E-state index is 0.165. The van der Waals surface area contributed by atoms with Crippen LogP contribution in [0.25, 0.3) is 0 Å². The second kappa shape index (κ2) is 5.91. The number of hydrogen-bond acceptors (Lipinski definition) is 2. The topological polar surface area (TPSA) is 46.3 Å². The van der Waals surface area contributed by atoms with Gasteiger partial charge in [0, 0.05) is 24.2 Å². The van der Waals surface area contributed by atoms with E-state index < -0.39 is 0 Å². The Hall–Kier alpha value is -1.79. The van der Waals surface area contributed by atoms with E-state index in [2.05, 4.69) is 11.8 Å². The van der Waals surface area contributed by atoms with Crippen molar-refractivity contribution >= 4 is 5.91 Å². The third-order valence-electron chi connectivity index (χ3n) is 4.82. The summed E-state index contributed by atoms with van der Waals surface area (Å²) in [5.41, 5.74) is 8.09. The molecule has 2 fully saturated rings. The SMILES string of the molecule is Cc1ccc(C#CCN)cc1C(=O)N1CC2CCCC2C1. The lowest BCUT2D eigenvalue weighted by molar-refractivity contribution is 0.0780. The minimum atomic E-state index is 0.165. The molecule has 1 aliphatic carbocycles. The highest BCUT2D eigenvalue weighted by atomic mass is 16.2. The lowest BCUT2D eigenvalue weighted by atomic mass is 10.0. The van der Waals surface area contributed by atoms with Gasteiger partial charge >= 0.3 is 0 Å². The Morgan fingerprint density at radius 3 is 2.71 bits per heavy atom. The molecule has 1 aromatic rings. The molecule has 1 saturated heterocycles. The molecule has 2 N–H and O–H groups in total. The summed E-state index contributed by atoms with van der Waals surface area (Å²) in [6, 6.07) is 5.84.